The van der Waals surface area contributed by atoms with E-state index >= 15 is 0 Å². The molecular weight excluding hydrogens is 250 g/mol. The topological polar surface area (TPSA) is 12.0 Å². The van der Waals surface area contributed by atoms with Crippen LogP contribution in [-0.4, -0.2) is 12.6 Å². The summed E-state index contributed by atoms with van der Waals surface area (Å²) in [5, 5.41) is 3.49. The molecule has 0 radical (unpaired) electrons. The lowest BCUT2D eigenvalue weighted by Crippen LogP contribution is -2.36. The maximum atomic E-state index is 3.61. The molecule has 0 spiro atoms. The summed E-state index contributed by atoms with van der Waals surface area (Å²) in [6.45, 7) is 9.88. The minimum absolute atomic E-state index is 0.157. The zero-order valence-electron chi connectivity index (χ0n) is 9.97. The van der Waals surface area contributed by atoms with Crippen molar-refractivity contribution in [1.29, 1.82) is 0 Å². The van der Waals surface area contributed by atoms with Crippen molar-refractivity contribution in [2.24, 2.45) is 0 Å². The van der Waals surface area contributed by atoms with Crippen molar-refractivity contribution >= 4 is 15.9 Å². The summed E-state index contributed by atoms with van der Waals surface area (Å²) in [7, 11) is 0. The van der Waals surface area contributed by atoms with E-state index in [9.17, 15) is 0 Å². The van der Waals surface area contributed by atoms with Crippen LogP contribution in [0.15, 0.2) is 28.7 Å². The van der Waals surface area contributed by atoms with E-state index in [1.165, 1.54) is 10.0 Å². The highest BCUT2D eigenvalue weighted by Crippen LogP contribution is 2.29. The van der Waals surface area contributed by atoms with Gasteiger partial charge in [-0.3, -0.25) is 0 Å². The van der Waals surface area contributed by atoms with Gasteiger partial charge in [0.25, 0.3) is 0 Å². The molecule has 0 aliphatic carbocycles. The maximum Gasteiger partial charge on any atom is 0.0213 e. The smallest absolute Gasteiger partial charge is 0.0213 e. The Kier molecular flexibility index (Phi) is 4.35. The largest absolute Gasteiger partial charge is 0.314 e. The van der Waals surface area contributed by atoms with Gasteiger partial charge in [-0.2, -0.15) is 0 Å². The van der Waals surface area contributed by atoms with Crippen molar-refractivity contribution in [2.75, 3.05) is 6.54 Å². The molecule has 1 N–H and O–H groups in total. The van der Waals surface area contributed by atoms with E-state index in [0.717, 1.165) is 6.54 Å². The summed E-state index contributed by atoms with van der Waals surface area (Å²) < 4.78 is 1.19. The van der Waals surface area contributed by atoms with Gasteiger partial charge < -0.3 is 5.32 Å². The highest BCUT2D eigenvalue weighted by atomic mass is 79.9. The van der Waals surface area contributed by atoms with Crippen LogP contribution in [0.3, 0.4) is 0 Å². The van der Waals surface area contributed by atoms with E-state index in [1.54, 1.807) is 0 Å². The first-order valence-corrected chi connectivity index (χ1v) is 6.21. The van der Waals surface area contributed by atoms with Gasteiger partial charge in [-0.25, -0.2) is 0 Å². The first-order chi connectivity index (χ1) is 6.93. The van der Waals surface area contributed by atoms with Crippen LogP contribution in [0.5, 0.6) is 0 Å². The first-order valence-electron chi connectivity index (χ1n) is 5.42. The molecule has 1 aromatic carbocycles. The van der Waals surface area contributed by atoms with Gasteiger partial charge in [-0.05, 0) is 11.6 Å². The second kappa shape index (κ2) is 5.13. The standard InChI is InChI=1S/C13H20BrN/c1-10(2)15-9-13(3,4)11-7-5-6-8-12(11)14/h5-8,10,15H,9H2,1-4H3. The van der Waals surface area contributed by atoms with Gasteiger partial charge in [0.05, 0.1) is 0 Å². The Bertz CT molecular complexity index is 318. The Morgan fingerprint density at radius 1 is 1.27 bits per heavy atom. The summed E-state index contributed by atoms with van der Waals surface area (Å²) in [5.41, 5.74) is 1.52. The second-order valence-electron chi connectivity index (χ2n) is 4.90. The van der Waals surface area contributed by atoms with Gasteiger partial charge in [0, 0.05) is 22.5 Å². The molecule has 0 amide bonds. The Morgan fingerprint density at radius 2 is 1.87 bits per heavy atom. The number of rotatable bonds is 4. The highest BCUT2D eigenvalue weighted by Gasteiger charge is 2.22. The Balaban J connectivity index is 2.81. The summed E-state index contributed by atoms with van der Waals surface area (Å²) in [5.74, 6) is 0. The van der Waals surface area contributed by atoms with Gasteiger partial charge in [0.1, 0.15) is 0 Å². The third-order valence-electron chi connectivity index (χ3n) is 2.56. The zero-order chi connectivity index (χ0) is 11.5. The molecule has 0 fully saturated rings. The predicted octanol–water partition coefficient (Wildman–Crippen LogP) is 3.72. The summed E-state index contributed by atoms with van der Waals surface area (Å²) in [4.78, 5) is 0. The maximum absolute atomic E-state index is 3.61. The second-order valence-corrected chi connectivity index (χ2v) is 5.75. The van der Waals surface area contributed by atoms with Crippen LogP contribution in [0.2, 0.25) is 0 Å². The molecule has 15 heavy (non-hydrogen) atoms. The molecule has 84 valence electrons. The van der Waals surface area contributed by atoms with Crippen molar-refractivity contribution in [3.8, 4) is 0 Å². The minimum atomic E-state index is 0.157. The lowest BCUT2D eigenvalue weighted by Gasteiger charge is -2.28. The molecule has 0 unspecified atom stereocenters. The van der Waals surface area contributed by atoms with Crippen molar-refractivity contribution in [1.82, 2.24) is 5.32 Å². The summed E-state index contributed by atoms with van der Waals surface area (Å²) >= 11 is 3.61. The fourth-order valence-corrected chi connectivity index (χ4v) is 2.39. The van der Waals surface area contributed by atoms with Gasteiger partial charge in [0.15, 0.2) is 0 Å². The van der Waals surface area contributed by atoms with Crippen LogP contribution >= 0.6 is 15.9 Å². The molecule has 2 heteroatoms. The van der Waals surface area contributed by atoms with Crippen LogP contribution in [0.1, 0.15) is 33.3 Å². The average Bonchev–Trinajstić information content (AvgIpc) is 2.15. The highest BCUT2D eigenvalue weighted by molar-refractivity contribution is 9.10. The molecule has 0 atom stereocenters. The fraction of sp³-hybridized carbons (Fsp3) is 0.538. The van der Waals surface area contributed by atoms with Crippen molar-refractivity contribution < 1.29 is 0 Å². The molecule has 1 rings (SSSR count). The van der Waals surface area contributed by atoms with Crippen molar-refractivity contribution in [3.63, 3.8) is 0 Å². The van der Waals surface area contributed by atoms with Gasteiger partial charge >= 0.3 is 0 Å². The van der Waals surface area contributed by atoms with E-state index in [-0.39, 0.29) is 5.41 Å². The van der Waals surface area contributed by atoms with E-state index in [0.29, 0.717) is 6.04 Å². The summed E-state index contributed by atoms with van der Waals surface area (Å²) in [6.07, 6.45) is 0. The third-order valence-corrected chi connectivity index (χ3v) is 3.25. The number of halogens is 1. The quantitative estimate of drug-likeness (QED) is 0.879. The minimum Gasteiger partial charge on any atom is -0.314 e. The lowest BCUT2D eigenvalue weighted by molar-refractivity contribution is 0.440. The van der Waals surface area contributed by atoms with Crippen LogP contribution in [-0.2, 0) is 5.41 Å². The molecule has 0 saturated carbocycles. The molecule has 0 aliphatic heterocycles. The monoisotopic (exact) mass is 269 g/mol. The average molecular weight is 270 g/mol. The van der Waals surface area contributed by atoms with E-state index in [1.807, 2.05) is 0 Å². The normalized spacial score (nSPS) is 12.1. The number of hydrogen-bond donors (Lipinski definition) is 1. The van der Waals surface area contributed by atoms with Crippen molar-refractivity contribution in [3.05, 3.63) is 34.3 Å². The molecule has 0 bridgehead atoms. The molecule has 0 aliphatic rings. The zero-order valence-corrected chi connectivity index (χ0v) is 11.6. The van der Waals surface area contributed by atoms with E-state index in [4.69, 9.17) is 0 Å². The Hall–Kier alpha value is -0.340. The van der Waals surface area contributed by atoms with Crippen LogP contribution in [0.4, 0.5) is 0 Å². The fourth-order valence-electron chi connectivity index (χ4n) is 1.56. The van der Waals surface area contributed by atoms with E-state index in [2.05, 4.69) is 73.2 Å². The predicted molar refractivity (Wildman–Crippen MR) is 70.3 cm³/mol. The molecule has 0 aromatic heterocycles. The van der Waals surface area contributed by atoms with Crippen LogP contribution in [0, 0.1) is 0 Å². The molecule has 1 aromatic rings. The number of benzene rings is 1. The van der Waals surface area contributed by atoms with Gasteiger partial charge in [0.2, 0.25) is 0 Å². The lowest BCUT2D eigenvalue weighted by atomic mass is 9.84. The summed E-state index contributed by atoms with van der Waals surface area (Å²) in [6, 6.07) is 8.97. The number of nitrogens with one attached hydrogen (secondary N) is 1. The van der Waals surface area contributed by atoms with Gasteiger partial charge in [-0.15, -0.1) is 0 Å². The molecule has 0 saturated heterocycles. The van der Waals surface area contributed by atoms with Crippen molar-refractivity contribution in [2.45, 2.75) is 39.2 Å². The van der Waals surface area contributed by atoms with Crippen LogP contribution < -0.4 is 5.32 Å². The Labute approximate surface area is 101 Å². The molecule has 0 heterocycles. The Morgan fingerprint density at radius 3 is 2.40 bits per heavy atom. The third kappa shape index (κ3) is 3.62. The van der Waals surface area contributed by atoms with E-state index < -0.39 is 0 Å². The molecular formula is C13H20BrN. The number of hydrogen-bond acceptors (Lipinski definition) is 1. The van der Waals surface area contributed by atoms with Crippen LogP contribution in [0.25, 0.3) is 0 Å². The molecule has 1 nitrogen and oxygen atoms in total. The van der Waals surface area contributed by atoms with Gasteiger partial charge in [-0.1, -0.05) is 61.8 Å². The first kappa shape index (κ1) is 12.7. The SMILES string of the molecule is CC(C)NCC(C)(C)c1ccccc1Br.